The molecule has 0 bridgehead atoms. The molecule has 1 saturated heterocycles. The summed E-state index contributed by atoms with van der Waals surface area (Å²) < 4.78 is 20.4. The highest BCUT2D eigenvalue weighted by molar-refractivity contribution is 6.31. The third-order valence-electron chi connectivity index (χ3n) is 7.46. The van der Waals surface area contributed by atoms with Gasteiger partial charge in [0.25, 0.3) is 0 Å². The van der Waals surface area contributed by atoms with Gasteiger partial charge in [-0.25, -0.2) is 4.39 Å². The maximum atomic E-state index is 15.5. The molecule has 9 heteroatoms. The molecule has 1 saturated carbocycles. The number of likely N-dealkylation sites (tertiary alicyclic amines) is 1. The molecule has 4 atom stereocenters. The van der Waals surface area contributed by atoms with Gasteiger partial charge < -0.3 is 15.8 Å². The van der Waals surface area contributed by atoms with Crippen molar-refractivity contribution in [2.75, 3.05) is 19.0 Å². The van der Waals surface area contributed by atoms with Crippen LogP contribution < -0.4 is 11.1 Å². The molecule has 6 nitrogen and oxygen atoms in total. The van der Waals surface area contributed by atoms with Crippen LogP contribution in [0.4, 0.5) is 10.1 Å². The Labute approximate surface area is 207 Å². The molecule has 5 rings (SSSR count). The fourth-order valence-corrected chi connectivity index (χ4v) is 6.16. The van der Waals surface area contributed by atoms with E-state index in [1.165, 1.54) is 13.2 Å². The molecule has 3 aliphatic rings. The number of carbonyl (C=O) groups excluding carboxylic acids is 2. The van der Waals surface area contributed by atoms with Crippen molar-refractivity contribution in [2.24, 2.45) is 11.7 Å². The topological polar surface area (TPSA) is 84.7 Å². The second-order valence-corrected chi connectivity index (χ2v) is 10.2. The number of anilines is 1. The highest BCUT2D eigenvalue weighted by Crippen LogP contribution is 2.58. The van der Waals surface area contributed by atoms with Gasteiger partial charge in [0.1, 0.15) is 11.4 Å². The van der Waals surface area contributed by atoms with Gasteiger partial charge in [-0.15, -0.1) is 0 Å². The fourth-order valence-electron chi connectivity index (χ4n) is 5.80. The summed E-state index contributed by atoms with van der Waals surface area (Å²) in [7, 11) is 1.34. The standard InChI is InChI=1S/C25H26Cl2FN3O3/c1-34-20(32)10-9-19-23(29)21(15-3-2-4-17(27)22(15)28)25(31(19)12-13-5-6-13)16-8-7-14(26)11-18(16)30-24(25)33/h2-4,7-8,11,13,19,21,23H,5-6,9-10,12,29H2,1H3,(H,30,33)/t19-,21-,23+,25+/m0/s1. The molecule has 2 fully saturated rings. The van der Waals surface area contributed by atoms with Crippen molar-refractivity contribution in [3.63, 3.8) is 0 Å². The van der Waals surface area contributed by atoms with Crippen LogP contribution in [0.3, 0.4) is 0 Å². The van der Waals surface area contributed by atoms with Crippen LogP contribution in [0.25, 0.3) is 0 Å². The molecule has 2 aliphatic heterocycles. The number of nitrogens with zero attached hydrogens (tertiary/aromatic N) is 1. The monoisotopic (exact) mass is 505 g/mol. The predicted molar refractivity (Wildman–Crippen MR) is 128 cm³/mol. The smallest absolute Gasteiger partial charge is 0.305 e. The van der Waals surface area contributed by atoms with Gasteiger partial charge in [-0.1, -0.05) is 41.4 Å². The number of hydrogen-bond donors (Lipinski definition) is 2. The van der Waals surface area contributed by atoms with Crippen molar-refractivity contribution >= 4 is 40.8 Å². The number of methoxy groups -OCH3 is 1. The van der Waals surface area contributed by atoms with E-state index in [1.54, 1.807) is 24.3 Å². The lowest BCUT2D eigenvalue weighted by atomic mass is 9.73. The predicted octanol–water partition coefficient (Wildman–Crippen LogP) is 4.44. The van der Waals surface area contributed by atoms with Gasteiger partial charge in [0.2, 0.25) is 5.91 Å². The molecule has 1 aliphatic carbocycles. The first-order valence-electron chi connectivity index (χ1n) is 11.4. The molecule has 2 heterocycles. The highest BCUT2D eigenvalue weighted by atomic mass is 35.5. The molecule has 34 heavy (non-hydrogen) atoms. The zero-order valence-corrected chi connectivity index (χ0v) is 20.2. The zero-order valence-electron chi connectivity index (χ0n) is 18.7. The molecule has 0 unspecified atom stereocenters. The van der Waals surface area contributed by atoms with E-state index in [2.05, 4.69) is 10.2 Å². The minimum Gasteiger partial charge on any atom is -0.469 e. The van der Waals surface area contributed by atoms with Crippen molar-refractivity contribution in [3.8, 4) is 0 Å². The molecule has 1 spiro atoms. The minimum atomic E-state index is -1.26. The third kappa shape index (κ3) is 3.61. The normalized spacial score (nSPS) is 28.3. The number of fused-ring (bicyclic) bond motifs is 2. The largest absolute Gasteiger partial charge is 0.469 e. The first-order chi connectivity index (χ1) is 16.3. The van der Waals surface area contributed by atoms with E-state index < -0.39 is 23.3 Å². The molecule has 3 N–H and O–H groups in total. The highest BCUT2D eigenvalue weighted by Gasteiger charge is 2.66. The summed E-state index contributed by atoms with van der Waals surface area (Å²) >= 11 is 12.4. The van der Waals surface area contributed by atoms with E-state index >= 15 is 4.39 Å². The number of nitrogens with one attached hydrogen (secondary N) is 1. The Kier molecular flexibility index (Phi) is 6.09. The van der Waals surface area contributed by atoms with Crippen LogP contribution in [0.2, 0.25) is 10.0 Å². The van der Waals surface area contributed by atoms with Crippen LogP contribution >= 0.6 is 23.2 Å². The molecular formula is C25H26Cl2FN3O3. The van der Waals surface area contributed by atoms with Crippen molar-refractivity contribution in [1.82, 2.24) is 4.90 Å². The SMILES string of the molecule is COC(=O)CC[C@H]1[C@@H](N)[C@H](c2cccc(Cl)c2F)[C@]2(C(=O)Nc3cc(Cl)ccc32)N1CC1CC1. The number of esters is 1. The van der Waals surface area contributed by atoms with Crippen molar-refractivity contribution in [1.29, 1.82) is 0 Å². The second-order valence-electron chi connectivity index (χ2n) is 9.39. The Morgan fingerprint density at radius 2 is 2.06 bits per heavy atom. The first-order valence-corrected chi connectivity index (χ1v) is 12.2. The van der Waals surface area contributed by atoms with E-state index in [1.807, 2.05) is 6.07 Å². The van der Waals surface area contributed by atoms with Crippen LogP contribution in [0, 0.1) is 11.7 Å². The van der Waals surface area contributed by atoms with Gasteiger partial charge in [-0.2, -0.15) is 0 Å². The van der Waals surface area contributed by atoms with E-state index in [4.69, 9.17) is 33.7 Å². The number of nitrogens with two attached hydrogens (primary N) is 1. The zero-order chi connectivity index (χ0) is 24.2. The third-order valence-corrected chi connectivity index (χ3v) is 7.99. The molecule has 2 aromatic rings. The Morgan fingerprint density at radius 3 is 2.76 bits per heavy atom. The van der Waals surface area contributed by atoms with Crippen LogP contribution in [0.5, 0.6) is 0 Å². The van der Waals surface area contributed by atoms with Gasteiger partial charge in [0.15, 0.2) is 0 Å². The summed E-state index contributed by atoms with van der Waals surface area (Å²) in [4.78, 5) is 28.1. The van der Waals surface area contributed by atoms with Crippen molar-refractivity contribution in [2.45, 2.75) is 49.2 Å². The number of ether oxygens (including phenoxy) is 1. The van der Waals surface area contributed by atoms with Crippen molar-refractivity contribution in [3.05, 3.63) is 63.4 Å². The summed E-state index contributed by atoms with van der Waals surface area (Å²) in [6.07, 6.45) is 2.64. The van der Waals surface area contributed by atoms with E-state index in [0.29, 0.717) is 40.7 Å². The Hall–Kier alpha value is -2.19. The quantitative estimate of drug-likeness (QED) is 0.567. The number of benzene rings is 2. The number of carbonyl (C=O) groups is 2. The Bertz CT molecular complexity index is 1160. The second kappa shape index (κ2) is 8.79. The Balaban J connectivity index is 1.72. The summed E-state index contributed by atoms with van der Waals surface area (Å²) in [6.45, 7) is 0.619. The molecule has 2 aromatic carbocycles. The lowest BCUT2D eigenvalue weighted by Crippen LogP contribution is -2.52. The number of hydrogen-bond acceptors (Lipinski definition) is 5. The van der Waals surface area contributed by atoms with Gasteiger partial charge in [0, 0.05) is 47.2 Å². The average Bonchev–Trinajstić information content (AvgIpc) is 3.54. The van der Waals surface area contributed by atoms with E-state index in [9.17, 15) is 9.59 Å². The summed E-state index contributed by atoms with van der Waals surface area (Å²) in [5.74, 6) is -1.52. The lowest BCUT2D eigenvalue weighted by Gasteiger charge is -2.40. The molecule has 1 amide bonds. The molecule has 180 valence electrons. The summed E-state index contributed by atoms with van der Waals surface area (Å²) in [6, 6.07) is 9.07. The van der Waals surface area contributed by atoms with Crippen molar-refractivity contribution < 1.29 is 18.7 Å². The van der Waals surface area contributed by atoms with Gasteiger partial charge >= 0.3 is 5.97 Å². The summed E-state index contributed by atoms with van der Waals surface area (Å²) in [5, 5.41) is 3.44. The van der Waals surface area contributed by atoms with Crippen LogP contribution in [0.1, 0.15) is 42.7 Å². The van der Waals surface area contributed by atoms with Crippen LogP contribution in [0.15, 0.2) is 36.4 Å². The van der Waals surface area contributed by atoms with Gasteiger partial charge in [-0.05, 0) is 48.9 Å². The lowest BCUT2D eigenvalue weighted by molar-refractivity contribution is -0.141. The first kappa shape index (κ1) is 23.5. The van der Waals surface area contributed by atoms with Crippen LogP contribution in [-0.2, 0) is 19.9 Å². The maximum Gasteiger partial charge on any atom is 0.305 e. The number of rotatable bonds is 6. The molecule has 0 aromatic heterocycles. The van der Waals surface area contributed by atoms with E-state index in [-0.39, 0.29) is 29.4 Å². The van der Waals surface area contributed by atoms with Gasteiger partial charge in [-0.3, -0.25) is 14.5 Å². The number of halogens is 3. The fraction of sp³-hybridized carbons (Fsp3) is 0.440. The molecular weight excluding hydrogens is 480 g/mol. The van der Waals surface area contributed by atoms with Gasteiger partial charge in [0.05, 0.1) is 12.1 Å². The van der Waals surface area contributed by atoms with E-state index in [0.717, 1.165) is 12.8 Å². The van der Waals surface area contributed by atoms with Crippen LogP contribution in [-0.4, -0.2) is 42.5 Å². The molecule has 0 radical (unpaired) electrons. The maximum absolute atomic E-state index is 15.5. The Morgan fingerprint density at radius 1 is 1.29 bits per heavy atom. The number of amides is 1. The average molecular weight is 506 g/mol. The summed E-state index contributed by atoms with van der Waals surface area (Å²) in [5.41, 5.74) is 7.22. The minimum absolute atomic E-state index is 0.0265.